The minimum absolute atomic E-state index is 0.0422. The van der Waals surface area contributed by atoms with Crippen LogP contribution < -0.4 is 4.90 Å². The van der Waals surface area contributed by atoms with Gasteiger partial charge in [0.05, 0.1) is 11.5 Å². The number of ether oxygens (including phenoxy) is 1. The minimum Gasteiger partial charge on any atom is -0.392 e. The molecule has 0 radical (unpaired) electrons. The number of nitro benzene ring substituents is 1. The molecule has 1 aromatic carbocycles. The lowest BCUT2D eigenvalue weighted by Crippen LogP contribution is -2.36. The molecule has 0 atom stereocenters. The Morgan fingerprint density at radius 1 is 1.47 bits per heavy atom. The second-order valence-electron chi connectivity index (χ2n) is 4.69. The van der Waals surface area contributed by atoms with Crippen molar-refractivity contribution in [2.45, 2.75) is 25.5 Å². The zero-order chi connectivity index (χ0) is 13.8. The van der Waals surface area contributed by atoms with E-state index in [4.69, 9.17) is 9.84 Å². The molecule has 1 N–H and O–H groups in total. The predicted octanol–water partition coefficient (Wildman–Crippen LogP) is 1.70. The van der Waals surface area contributed by atoms with E-state index in [1.165, 1.54) is 6.07 Å². The molecule has 0 spiro atoms. The van der Waals surface area contributed by atoms with Crippen LogP contribution in [-0.4, -0.2) is 36.3 Å². The number of nitrogens with zero attached hydrogens (tertiary/aromatic N) is 2. The van der Waals surface area contributed by atoms with Crippen LogP contribution in [0.25, 0.3) is 0 Å². The largest absolute Gasteiger partial charge is 0.392 e. The fourth-order valence-corrected chi connectivity index (χ4v) is 2.38. The van der Waals surface area contributed by atoms with E-state index >= 15 is 0 Å². The highest BCUT2D eigenvalue weighted by Gasteiger charge is 2.24. The van der Waals surface area contributed by atoms with Crippen LogP contribution in [-0.2, 0) is 11.3 Å². The summed E-state index contributed by atoms with van der Waals surface area (Å²) in [5.74, 6) is 0. The summed E-state index contributed by atoms with van der Waals surface area (Å²) in [6.07, 6.45) is 1.74. The summed E-state index contributed by atoms with van der Waals surface area (Å²) in [5, 5.41) is 20.2. The van der Waals surface area contributed by atoms with Gasteiger partial charge in [0, 0.05) is 32.4 Å². The molecule has 1 aliphatic rings. The Labute approximate surface area is 111 Å². The molecule has 1 saturated heterocycles. The Morgan fingerprint density at radius 3 is 2.74 bits per heavy atom. The normalized spacial score (nSPS) is 16.3. The second-order valence-corrected chi connectivity index (χ2v) is 4.69. The molecule has 0 saturated carbocycles. The summed E-state index contributed by atoms with van der Waals surface area (Å²) < 4.78 is 5.31. The smallest absolute Gasteiger partial charge is 0.292 e. The van der Waals surface area contributed by atoms with Crippen LogP contribution in [0.5, 0.6) is 0 Å². The van der Waals surface area contributed by atoms with Crippen LogP contribution in [0, 0.1) is 10.1 Å². The zero-order valence-electron chi connectivity index (χ0n) is 10.9. The molecule has 0 unspecified atom stereocenters. The van der Waals surface area contributed by atoms with Gasteiger partial charge in [0.25, 0.3) is 5.69 Å². The van der Waals surface area contributed by atoms with E-state index in [0.717, 1.165) is 12.8 Å². The maximum atomic E-state index is 11.1. The van der Waals surface area contributed by atoms with Gasteiger partial charge in [-0.05, 0) is 24.5 Å². The lowest BCUT2D eigenvalue weighted by atomic mass is 10.1. The number of nitro groups is 1. The van der Waals surface area contributed by atoms with E-state index in [-0.39, 0.29) is 18.3 Å². The van der Waals surface area contributed by atoms with Crippen molar-refractivity contribution in [1.82, 2.24) is 0 Å². The lowest BCUT2D eigenvalue weighted by molar-refractivity contribution is -0.384. The van der Waals surface area contributed by atoms with Gasteiger partial charge < -0.3 is 14.7 Å². The van der Waals surface area contributed by atoms with Crippen molar-refractivity contribution in [3.8, 4) is 0 Å². The maximum absolute atomic E-state index is 11.1. The van der Waals surface area contributed by atoms with Crippen molar-refractivity contribution >= 4 is 11.4 Å². The molecule has 1 heterocycles. The molecule has 6 nitrogen and oxygen atoms in total. The quantitative estimate of drug-likeness (QED) is 0.663. The van der Waals surface area contributed by atoms with Gasteiger partial charge in [-0.3, -0.25) is 10.1 Å². The Morgan fingerprint density at radius 2 is 2.16 bits per heavy atom. The zero-order valence-corrected chi connectivity index (χ0v) is 10.9. The van der Waals surface area contributed by atoms with Gasteiger partial charge in [-0.1, -0.05) is 6.07 Å². The van der Waals surface area contributed by atoms with E-state index in [9.17, 15) is 10.1 Å². The number of hydrogen-bond donors (Lipinski definition) is 1. The van der Waals surface area contributed by atoms with Gasteiger partial charge in [0.2, 0.25) is 0 Å². The van der Waals surface area contributed by atoms with Crippen LogP contribution in [0.3, 0.4) is 0 Å². The summed E-state index contributed by atoms with van der Waals surface area (Å²) in [5.41, 5.74) is 1.19. The summed E-state index contributed by atoms with van der Waals surface area (Å²) in [7, 11) is 1.87. The Hall–Kier alpha value is -1.66. The first-order valence-corrected chi connectivity index (χ1v) is 6.32. The number of aliphatic hydroxyl groups is 1. The summed E-state index contributed by atoms with van der Waals surface area (Å²) in [4.78, 5) is 12.7. The number of benzene rings is 1. The standard InChI is InChI=1S/C13H18N2O4/c1-14(11-4-6-19-7-5-11)12-3-2-10(9-16)8-13(12)15(17)18/h2-3,8,11,16H,4-7,9H2,1H3. The molecule has 0 amide bonds. The average molecular weight is 266 g/mol. The van der Waals surface area contributed by atoms with Crippen molar-refractivity contribution < 1.29 is 14.8 Å². The molecule has 1 aliphatic heterocycles. The predicted molar refractivity (Wildman–Crippen MR) is 71.3 cm³/mol. The van der Waals surface area contributed by atoms with E-state index in [1.54, 1.807) is 12.1 Å². The highest BCUT2D eigenvalue weighted by molar-refractivity contribution is 5.64. The number of rotatable bonds is 4. The van der Waals surface area contributed by atoms with Gasteiger partial charge in [0.1, 0.15) is 5.69 Å². The van der Waals surface area contributed by atoms with Gasteiger partial charge in [-0.2, -0.15) is 0 Å². The molecule has 0 aliphatic carbocycles. The highest BCUT2D eigenvalue weighted by Crippen LogP contribution is 2.31. The molecule has 104 valence electrons. The topological polar surface area (TPSA) is 75.8 Å². The van der Waals surface area contributed by atoms with E-state index in [1.807, 2.05) is 11.9 Å². The first kappa shape index (κ1) is 13.8. The molecule has 0 aromatic heterocycles. The van der Waals surface area contributed by atoms with Gasteiger partial charge in [-0.25, -0.2) is 0 Å². The Kier molecular flexibility index (Phi) is 4.34. The summed E-state index contributed by atoms with van der Waals surface area (Å²) in [6.45, 7) is 1.19. The molecule has 0 bridgehead atoms. The Balaban J connectivity index is 2.29. The maximum Gasteiger partial charge on any atom is 0.292 e. The SMILES string of the molecule is CN(c1ccc(CO)cc1[N+](=O)[O-])C1CCOCC1. The van der Waals surface area contributed by atoms with Gasteiger partial charge in [0.15, 0.2) is 0 Å². The first-order valence-electron chi connectivity index (χ1n) is 6.32. The first-order chi connectivity index (χ1) is 9.13. The van der Waals surface area contributed by atoms with E-state index < -0.39 is 4.92 Å². The molecular formula is C13H18N2O4. The molecule has 6 heteroatoms. The highest BCUT2D eigenvalue weighted by atomic mass is 16.6. The lowest BCUT2D eigenvalue weighted by Gasteiger charge is -2.32. The molecule has 1 aromatic rings. The van der Waals surface area contributed by atoms with Crippen LogP contribution in [0.2, 0.25) is 0 Å². The van der Waals surface area contributed by atoms with Crippen LogP contribution in [0.4, 0.5) is 11.4 Å². The fraction of sp³-hybridized carbons (Fsp3) is 0.538. The van der Waals surface area contributed by atoms with Crippen molar-refractivity contribution in [2.24, 2.45) is 0 Å². The number of hydrogen-bond acceptors (Lipinski definition) is 5. The van der Waals surface area contributed by atoms with Crippen molar-refractivity contribution in [3.05, 3.63) is 33.9 Å². The van der Waals surface area contributed by atoms with Gasteiger partial charge >= 0.3 is 0 Å². The second kappa shape index (κ2) is 5.99. The number of anilines is 1. The Bertz CT molecular complexity index is 458. The third-order valence-corrected chi connectivity index (χ3v) is 3.54. The summed E-state index contributed by atoms with van der Waals surface area (Å²) >= 11 is 0. The van der Waals surface area contributed by atoms with E-state index in [2.05, 4.69) is 0 Å². The molecule has 2 rings (SSSR count). The average Bonchev–Trinajstić information content (AvgIpc) is 2.46. The van der Waals surface area contributed by atoms with Crippen LogP contribution in [0.1, 0.15) is 18.4 Å². The van der Waals surface area contributed by atoms with Crippen molar-refractivity contribution in [3.63, 3.8) is 0 Å². The molecule has 1 fully saturated rings. The van der Waals surface area contributed by atoms with Crippen molar-refractivity contribution in [2.75, 3.05) is 25.2 Å². The third kappa shape index (κ3) is 3.02. The monoisotopic (exact) mass is 266 g/mol. The van der Waals surface area contributed by atoms with Crippen LogP contribution >= 0.6 is 0 Å². The van der Waals surface area contributed by atoms with Crippen LogP contribution in [0.15, 0.2) is 18.2 Å². The fourth-order valence-electron chi connectivity index (χ4n) is 2.38. The minimum atomic E-state index is -0.398. The molecular weight excluding hydrogens is 248 g/mol. The summed E-state index contributed by atoms with van der Waals surface area (Å²) in [6, 6.07) is 5.12. The van der Waals surface area contributed by atoms with E-state index in [0.29, 0.717) is 24.5 Å². The third-order valence-electron chi connectivity index (χ3n) is 3.54. The number of aliphatic hydroxyl groups excluding tert-OH is 1. The van der Waals surface area contributed by atoms with Crippen molar-refractivity contribution in [1.29, 1.82) is 0 Å². The van der Waals surface area contributed by atoms with Gasteiger partial charge in [-0.15, -0.1) is 0 Å². The molecule has 19 heavy (non-hydrogen) atoms.